The van der Waals surface area contributed by atoms with Crippen LogP contribution in [0.4, 0.5) is 15.8 Å². The quantitative estimate of drug-likeness (QED) is 0.514. The number of nitrogens with one attached hydrogen (secondary N) is 1. The van der Waals surface area contributed by atoms with Crippen LogP contribution >= 0.6 is 0 Å². The number of benzene rings is 2. The average Bonchev–Trinajstić information content (AvgIpc) is 3.01. The number of ether oxygens (including phenoxy) is 1. The van der Waals surface area contributed by atoms with E-state index in [1.54, 1.807) is 30.3 Å². The van der Waals surface area contributed by atoms with Gasteiger partial charge in [0.2, 0.25) is 5.91 Å². The van der Waals surface area contributed by atoms with E-state index in [1.807, 2.05) is 6.07 Å². The number of nitrogens with zero attached hydrogens (tertiary/aromatic N) is 1. The molecule has 0 atom stereocenters. The van der Waals surface area contributed by atoms with Crippen molar-refractivity contribution in [1.82, 2.24) is 0 Å². The van der Waals surface area contributed by atoms with Gasteiger partial charge < -0.3 is 15.0 Å². The van der Waals surface area contributed by atoms with Crippen molar-refractivity contribution in [1.29, 1.82) is 0 Å². The average molecular weight is 366 g/mol. The van der Waals surface area contributed by atoms with Crippen molar-refractivity contribution in [2.75, 3.05) is 23.3 Å². The van der Waals surface area contributed by atoms with Gasteiger partial charge in [-0.15, -0.1) is 0 Å². The number of anilines is 2. The molecule has 5 nitrogen and oxygen atoms in total. The van der Waals surface area contributed by atoms with Crippen LogP contribution in [0.5, 0.6) is 5.75 Å². The topological polar surface area (TPSA) is 58.6 Å². The Morgan fingerprint density at radius 3 is 2.74 bits per heavy atom. The highest BCUT2D eigenvalue weighted by Gasteiger charge is 2.20. The molecule has 1 N–H and O–H groups in total. The summed E-state index contributed by atoms with van der Waals surface area (Å²) in [6.07, 6.45) is 3.41. The highest BCUT2D eigenvalue weighted by molar-refractivity contribution is 6.00. The molecule has 0 bridgehead atoms. The van der Waals surface area contributed by atoms with Crippen molar-refractivity contribution in [3.05, 3.63) is 65.5 Å². The molecule has 0 radical (unpaired) electrons. The molecule has 2 aromatic carbocycles. The zero-order valence-electron chi connectivity index (χ0n) is 14.7. The Balaban J connectivity index is 1.35. The number of amides is 1. The standard InChI is InChI=1S/C21H19FN2O3/c22-16-2-1-3-18(12-16)24-8-6-14(7-9-24)10-20(25)23-17-5-4-15-11-21(26)27-19(15)13-17/h1-5,10,12-13H,6-9,11H2,(H,23,25). The summed E-state index contributed by atoms with van der Waals surface area (Å²) >= 11 is 0. The van der Waals surface area contributed by atoms with E-state index in [2.05, 4.69) is 10.2 Å². The number of rotatable bonds is 3. The van der Waals surface area contributed by atoms with Crippen LogP contribution < -0.4 is 15.0 Å². The van der Waals surface area contributed by atoms with E-state index in [9.17, 15) is 14.0 Å². The highest BCUT2D eigenvalue weighted by Crippen LogP contribution is 2.29. The molecular weight excluding hydrogens is 347 g/mol. The normalized spacial score (nSPS) is 16.0. The zero-order valence-corrected chi connectivity index (χ0v) is 14.7. The zero-order chi connectivity index (χ0) is 18.8. The van der Waals surface area contributed by atoms with Gasteiger partial charge in [0.25, 0.3) is 0 Å². The van der Waals surface area contributed by atoms with Gasteiger partial charge in [-0.2, -0.15) is 0 Å². The lowest BCUT2D eigenvalue weighted by molar-refractivity contribution is -0.131. The van der Waals surface area contributed by atoms with Crippen LogP contribution in [0.2, 0.25) is 0 Å². The van der Waals surface area contributed by atoms with Gasteiger partial charge in [0.1, 0.15) is 11.6 Å². The number of piperidine rings is 1. The molecule has 27 heavy (non-hydrogen) atoms. The van der Waals surface area contributed by atoms with Crippen molar-refractivity contribution >= 4 is 23.3 Å². The molecule has 0 unspecified atom stereocenters. The predicted octanol–water partition coefficient (Wildman–Crippen LogP) is 3.45. The van der Waals surface area contributed by atoms with Gasteiger partial charge in [-0.1, -0.05) is 17.7 Å². The number of hydrogen-bond acceptors (Lipinski definition) is 4. The van der Waals surface area contributed by atoms with Gasteiger partial charge >= 0.3 is 5.97 Å². The van der Waals surface area contributed by atoms with Crippen molar-refractivity contribution in [2.24, 2.45) is 0 Å². The number of carbonyl (C=O) groups excluding carboxylic acids is 2. The summed E-state index contributed by atoms with van der Waals surface area (Å²) in [7, 11) is 0. The molecule has 138 valence electrons. The summed E-state index contributed by atoms with van der Waals surface area (Å²) in [4.78, 5) is 25.7. The lowest BCUT2D eigenvalue weighted by atomic mass is 10.0. The Morgan fingerprint density at radius 1 is 1.15 bits per heavy atom. The van der Waals surface area contributed by atoms with Gasteiger partial charge in [-0.3, -0.25) is 9.59 Å². The number of hydrogen-bond donors (Lipinski definition) is 1. The Hall–Kier alpha value is -3.15. The summed E-state index contributed by atoms with van der Waals surface area (Å²) in [6.45, 7) is 1.49. The molecule has 0 saturated carbocycles. The lowest BCUT2D eigenvalue weighted by Gasteiger charge is -2.30. The first-order valence-electron chi connectivity index (χ1n) is 8.91. The van der Waals surface area contributed by atoms with Crippen LogP contribution in [-0.2, 0) is 16.0 Å². The van der Waals surface area contributed by atoms with Crippen LogP contribution in [0.3, 0.4) is 0 Å². The highest BCUT2D eigenvalue weighted by atomic mass is 19.1. The molecular formula is C21H19FN2O3. The number of esters is 1. The first-order valence-corrected chi connectivity index (χ1v) is 8.91. The Morgan fingerprint density at radius 2 is 1.96 bits per heavy atom. The molecule has 2 aromatic rings. The van der Waals surface area contributed by atoms with E-state index in [0.29, 0.717) is 11.4 Å². The molecule has 2 aliphatic heterocycles. The third-order valence-electron chi connectivity index (χ3n) is 4.81. The van der Waals surface area contributed by atoms with Crippen molar-refractivity contribution < 1.29 is 18.7 Å². The van der Waals surface area contributed by atoms with Crippen LogP contribution in [0.1, 0.15) is 18.4 Å². The number of fused-ring (bicyclic) bond motifs is 1. The minimum absolute atomic E-state index is 0.200. The van der Waals surface area contributed by atoms with Gasteiger partial charge in [-0.25, -0.2) is 4.39 Å². The molecule has 1 amide bonds. The summed E-state index contributed by atoms with van der Waals surface area (Å²) in [5, 5.41) is 2.81. The molecule has 1 saturated heterocycles. The summed E-state index contributed by atoms with van der Waals surface area (Å²) in [5.41, 5.74) is 3.36. The lowest BCUT2D eigenvalue weighted by Crippen LogP contribution is -2.30. The fourth-order valence-electron chi connectivity index (χ4n) is 3.42. The second-order valence-electron chi connectivity index (χ2n) is 6.73. The number of carbonyl (C=O) groups is 2. The molecule has 0 aliphatic carbocycles. The van der Waals surface area contributed by atoms with Crippen molar-refractivity contribution in [3.63, 3.8) is 0 Å². The van der Waals surface area contributed by atoms with Crippen LogP contribution in [0.15, 0.2) is 54.1 Å². The van der Waals surface area contributed by atoms with E-state index in [-0.39, 0.29) is 24.1 Å². The largest absolute Gasteiger partial charge is 0.426 e. The molecule has 2 aliphatic rings. The molecule has 4 rings (SSSR count). The van der Waals surface area contributed by atoms with Gasteiger partial charge in [0, 0.05) is 42.2 Å². The molecule has 1 fully saturated rings. The van der Waals surface area contributed by atoms with Crippen LogP contribution in [0, 0.1) is 5.82 Å². The van der Waals surface area contributed by atoms with E-state index in [1.165, 1.54) is 12.1 Å². The smallest absolute Gasteiger partial charge is 0.315 e. The Bertz CT molecular complexity index is 929. The van der Waals surface area contributed by atoms with Crippen molar-refractivity contribution in [3.8, 4) is 5.75 Å². The third kappa shape index (κ3) is 4.00. The maximum atomic E-state index is 13.4. The van der Waals surface area contributed by atoms with Crippen LogP contribution in [-0.4, -0.2) is 25.0 Å². The first-order chi connectivity index (χ1) is 13.1. The SMILES string of the molecule is O=C(C=C1CCN(c2cccc(F)c2)CC1)Nc1ccc2c(c1)OC(=O)C2. The summed E-state index contributed by atoms with van der Waals surface area (Å²) < 4.78 is 18.5. The van der Waals surface area contributed by atoms with E-state index in [4.69, 9.17) is 4.74 Å². The third-order valence-corrected chi connectivity index (χ3v) is 4.81. The van der Waals surface area contributed by atoms with E-state index < -0.39 is 0 Å². The Labute approximate surface area is 156 Å². The monoisotopic (exact) mass is 366 g/mol. The van der Waals surface area contributed by atoms with Gasteiger partial charge in [0.05, 0.1) is 6.42 Å². The Kier molecular flexibility index (Phi) is 4.62. The minimum Gasteiger partial charge on any atom is -0.426 e. The van der Waals surface area contributed by atoms with Gasteiger partial charge in [-0.05, 0) is 37.1 Å². The maximum absolute atomic E-state index is 13.4. The fourth-order valence-corrected chi connectivity index (χ4v) is 3.42. The first kappa shape index (κ1) is 17.3. The maximum Gasteiger partial charge on any atom is 0.315 e. The van der Waals surface area contributed by atoms with Crippen LogP contribution in [0.25, 0.3) is 0 Å². The van der Waals surface area contributed by atoms with Crippen molar-refractivity contribution in [2.45, 2.75) is 19.3 Å². The molecule has 0 spiro atoms. The van der Waals surface area contributed by atoms with E-state index >= 15 is 0 Å². The second kappa shape index (κ2) is 7.23. The molecule has 0 aromatic heterocycles. The molecule has 6 heteroatoms. The molecule has 2 heterocycles. The number of halogens is 1. The minimum atomic E-state index is -0.277. The summed E-state index contributed by atoms with van der Waals surface area (Å²) in [5.74, 6) is -0.212. The predicted molar refractivity (Wildman–Crippen MR) is 100 cm³/mol. The van der Waals surface area contributed by atoms with E-state index in [0.717, 1.165) is 42.8 Å². The van der Waals surface area contributed by atoms with Gasteiger partial charge in [0.15, 0.2) is 0 Å². The fraction of sp³-hybridized carbons (Fsp3) is 0.238. The summed E-state index contributed by atoms with van der Waals surface area (Å²) in [6, 6.07) is 11.8. The second-order valence-corrected chi connectivity index (χ2v) is 6.73.